The zero-order chi connectivity index (χ0) is 20.0. The molecule has 1 N–H and O–H groups in total. The van der Waals surface area contributed by atoms with Crippen LogP contribution in [0.15, 0.2) is 30.5 Å². The summed E-state index contributed by atoms with van der Waals surface area (Å²) < 4.78 is 12.4. The number of aromatic nitrogens is 4. The smallest absolute Gasteiger partial charge is 0.411 e. The van der Waals surface area contributed by atoms with Gasteiger partial charge in [0, 0.05) is 31.4 Å². The molecule has 150 valence electrons. The lowest BCUT2D eigenvalue weighted by molar-refractivity contribution is 0.0303. The molecule has 5 rings (SSSR count). The number of rotatable bonds is 3. The average Bonchev–Trinajstić information content (AvgIpc) is 3.29. The summed E-state index contributed by atoms with van der Waals surface area (Å²) in [4.78, 5) is 23.3. The van der Waals surface area contributed by atoms with E-state index in [-0.39, 0.29) is 12.2 Å². The van der Waals surface area contributed by atoms with Crippen molar-refractivity contribution >= 4 is 28.6 Å². The van der Waals surface area contributed by atoms with Gasteiger partial charge in [-0.1, -0.05) is 0 Å². The topological polar surface area (TPSA) is 94.4 Å². The molecule has 0 spiro atoms. The summed E-state index contributed by atoms with van der Waals surface area (Å²) >= 11 is 0. The highest BCUT2D eigenvalue weighted by Gasteiger charge is 2.35. The maximum atomic E-state index is 11.4. The largest absolute Gasteiger partial charge is 0.453 e. The van der Waals surface area contributed by atoms with Crippen LogP contribution in [0.25, 0.3) is 22.4 Å². The average molecular weight is 394 g/mol. The summed E-state index contributed by atoms with van der Waals surface area (Å²) in [6.45, 7) is 1.66. The van der Waals surface area contributed by atoms with E-state index in [2.05, 4.69) is 20.1 Å². The highest BCUT2D eigenvalue weighted by atomic mass is 16.5. The Hall–Kier alpha value is -3.20. The van der Waals surface area contributed by atoms with Crippen molar-refractivity contribution in [3.63, 3.8) is 0 Å². The predicted octanol–water partition coefficient (Wildman–Crippen LogP) is 2.58. The lowest BCUT2D eigenvalue weighted by Crippen LogP contribution is -2.43. The van der Waals surface area contributed by atoms with Crippen molar-refractivity contribution in [1.29, 1.82) is 0 Å². The van der Waals surface area contributed by atoms with Crippen LogP contribution in [0.4, 0.5) is 16.3 Å². The fourth-order valence-corrected chi connectivity index (χ4v) is 4.04. The van der Waals surface area contributed by atoms with E-state index in [0.29, 0.717) is 11.5 Å². The molecule has 1 amide bonds. The predicted molar refractivity (Wildman–Crippen MR) is 108 cm³/mol. The number of carbonyl (C=O) groups is 1. The Morgan fingerprint density at radius 2 is 1.90 bits per heavy atom. The fraction of sp³-hybridized carbons (Fsp3) is 0.400. The monoisotopic (exact) mass is 394 g/mol. The maximum absolute atomic E-state index is 11.4. The molecule has 2 aromatic heterocycles. The Bertz CT molecular complexity index is 1050. The van der Waals surface area contributed by atoms with Crippen LogP contribution in [0.5, 0.6) is 0 Å². The third kappa shape index (κ3) is 3.27. The van der Waals surface area contributed by atoms with Gasteiger partial charge < -0.3 is 14.4 Å². The number of hydrogen-bond donors (Lipinski definition) is 1. The van der Waals surface area contributed by atoms with E-state index in [9.17, 15) is 4.79 Å². The molecule has 2 aliphatic heterocycles. The molecular weight excluding hydrogens is 372 g/mol. The molecule has 29 heavy (non-hydrogen) atoms. The van der Waals surface area contributed by atoms with Gasteiger partial charge in [-0.05, 0) is 37.1 Å². The van der Waals surface area contributed by atoms with E-state index in [1.54, 1.807) is 16.8 Å². The first-order chi connectivity index (χ1) is 14.1. The fourth-order valence-electron chi connectivity index (χ4n) is 4.04. The molecule has 2 bridgehead atoms. The number of aryl methyl sites for hydroxylation is 1. The molecule has 9 heteroatoms. The van der Waals surface area contributed by atoms with E-state index in [4.69, 9.17) is 14.7 Å². The zero-order valence-corrected chi connectivity index (χ0v) is 16.3. The van der Waals surface area contributed by atoms with Crippen molar-refractivity contribution in [2.24, 2.45) is 7.05 Å². The number of fused-ring (bicyclic) bond motifs is 3. The SMILES string of the molecule is COC(=O)Nc1ccc(-c2nc(N3CC4CCC(C3)O4)c3cnn(C)c3n2)cc1. The quantitative estimate of drug-likeness (QED) is 0.730. The summed E-state index contributed by atoms with van der Waals surface area (Å²) in [5.41, 5.74) is 2.30. The van der Waals surface area contributed by atoms with Gasteiger partial charge in [0.25, 0.3) is 0 Å². The highest BCUT2D eigenvalue weighted by molar-refractivity contribution is 5.89. The maximum Gasteiger partial charge on any atom is 0.411 e. The van der Waals surface area contributed by atoms with Gasteiger partial charge in [-0.15, -0.1) is 0 Å². The lowest BCUT2D eigenvalue weighted by atomic mass is 10.2. The second-order valence-electron chi connectivity index (χ2n) is 7.43. The molecule has 4 heterocycles. The standard InChI is InChI=1S/C20H22N6O3/c1-25-18-16(9-21-25)19(26-10-14-7-8-15(11-26)29-14)24-17(23-18)12-3-5-13(6-4-12)22-20(27)28-2/h3-6,9,14-15H,7-8,10-11H2,1-2H3,(H,22,27). The van der Waals surface area contributed by atoms with Crippen molar-refractivity contribution in [1.82, 2.24) is 19.7 Å². The van der Waals surface area contributed by atoms with Gasteiger partial charge in [-0.2, -0.15) is 5.10 Å². The van der Waals surface area contributed by atoms with E-state index >= 15 is 0 Å². The Balaban J connectivity index is 1.53. The van der Waals surface area contributed by atoms with Crippen molar-refractivity contribution in [3.05, 3.63) is 30.5 Å². The number of benzene rings is 1. The van der Waals surface area contributed by atoms with Crippen LogP contribution >= 0.6 is 0 Å². The number of amides is 1. The first kappa shape index (κ1) is 17.9. The number of hydrogen-bond acceptors (Lipinski definition) is 7. The molecule has 0 radical (unpaired) electrons. The van der Waals surface area contributed by atoms with Gasteiger partial charge in [0.2, 0.25) is 0 Å². The van der Waals surface area contributed by atoms with Gasteiger partial charge in [0.1, 0.15) is 5.82 Å². The van der Waals surface area contributed by atoms with Crippen molar-refractivity contribution in [3.8, 4) is 11.4 Å². The lowest BCUT2D eigenvalue weighted by Gasteiger charge is -2.33. The van der Waals surface area contributed by atoms with Crippen molar-refractivity contribution < 1.29 is 14.3 Å². The minimum absolute atomic E-state index is 0.266. The Kier molecular flexibility index (Phi) is 4.31. The summed E-state index contributed by atoms with van der Waals surface area (Å²) in [5.74, 6) is 1.52. The number of ether oxygens (including phenoxy) is 2. The van der Waals surface area contributed by atoms with Crippen molar-refractivity contribution in [2.45, 2.75) is 25.0 Å². The van der Waals surface area contributed by atoms with Crippen LogP contribution in [-0.2, 0) is 16.5 Å². The summed E-state index contributed by atoms with van der Waals surface area (Å²) in [6, 6.07) is 7.38. The number of morpholine rings is 1. The van der Waals surface area contributed by atoms with Crippen molar-refractivity contribution in [2.75, 3.05) is 30.4 Å². The Labute approximate surface area is 167 Å². The minimum atomic E-state index is -0.505. The van der Waals surface area contributed by atoms with Gasteiger partial charge in [0.05, 0.1) is 30.9 Å². The molecule has 2 atom stereocenters. The van der Waals surface area contributed by atoms with Crippen LogP contribution in [0.1, 0.15) is 12.8 Å². The van der Waals surface area contributed by atoms with Gasteiger partial charge >= 0.3 is 6.09 Å². The molecule has 1 aromatic carbocycles. The van der Waals surface area contributed by atoms with Gasteiger partial charge in [-0.3, -0.25) is 10.00 Å². The number of nitrogens with zero attached hydrogens (tertiary/aromatic N) is 5. The molecule has 2 fully saturated rings. The van der Waals surface area contributed by atoms with E-state index < -0.39 is 6.09 Å². The number of carbonyl (C=O) groups excluding carboxylic acids is 1. The molecule has 2 saturated heterocycles. The normalized spacial score (nSPS) is 20.8. The van der Waals surface area contributed by atoms with Crippen LogP contribution in [0.3, 0.4) is 0 Å². The summed E-state index contributed by atoms with van der Waals surface area (Å²) in [5, 5.41) is 7.98. The van der Waals surface area contributed by atoms with Crippen LogP contribution in [-0.4, -0.2) is 58.2 Å². The van der Waals surface area contributed by atoms with Crippen LogP contribution in [0.2, 0.25) is 0 Å². The molecule has 2 aliphatic rings. The Morgan fingerprint density at radius 1 is 1.17 bits per heavy atom. The molecule has 9 nitrogen and oxygen atoms in total. The van der Waals surface area contributed by atoms with Gasteiger partial charge in [0.15, 0.2) is 11.5 Å². The summed E-state index contributed by atoms with van der Waals surface area (Å²) in [7, 11) is 3.22. The number of methoxy groups -OCH3 is 1. The third-order valence-corrected chi connectivity index (χ3v) is 5.49. The third-order valence-electron chi connectivity index (χ3n) is 5.49. The second kappa shape index (κ2) is 7.00. The molecule has 3 aromatic rings. The molecular formula is C20H22N6O3. The van der Waals surface area contributed by atoms with Gasteiger partial charge in [-0.25, -0.2) is 14.8 Å². The zero-order valence-electron chi connectivity index (χ0n) is 16.3. The van der Waals surface area contributed by atoms with E-state index in [1.807, 2.05) is 25.4 Å². The van der Waals surface area contributed by atoms with Crippen LogP contribution in [0, 0.1) is 0 Å². The second-order valence-corrected chi connectivity index (χ2v) is 7.43. The van der Waals surface area contributed by atoms with E-state index in [0.717, 1.165) is 48.3 Å². The van der Waals surface area contributed by atoms with Crippen LogP contribution < -0.4 is 10.2 Å². The minimum Gasteiger partial charge on any atom is -0.453 e. The molecule has 0 aliphatic carbocycles. The first-order valence-corrected chi connectivity index (χ1v) is 9.66. The number of nitrogens with one attached hydrogen (secondary N) is 1. The molecule has 0 saturated carbocycles. The Morgan fingerprint density at radius 3 is 2.59 bits per heavy atom. The number of anilines is 2. The van der Waals surface area contributed by atoms with E-state index in [1.165, 1.54) is 7.11 Å². The molecule has 2 unspecified atom stereocenters. The highest BCUT2D eigenvalue weighted by Crippen LogP contribution is 2.33. The summed E-state index contributed by atoms with van der Waals surface area (Å²) in [6.07, 6.45) is 4.06. The first-order valence-electron chi connectivity index (χ1n) is 9.66.